The quantitative estimate of drug-likeness (QED) is 0.901. The van der Waals surface area contributed by atoms with Crippen molar-refractivity contribution in [3.63, 3.8) is 0 Å². The third kappa shape index (κ3) is 3.27. The molecule has 0 radical (unpaired) electrons. The maximum atomic E-state index is 13.8. The molecule has 6 heteroatoms. The van der Waals surface area contributed by atoms with Crippen LogP contribution in [0.25, 0.3) is 0 Å². The van der Waals surface area contributed by atoms with Gasteiger partial charge in [-0.2, -0.15) is 0 Å². The van der Waals surface area contributed by atoms with E-state index >= 15 is 0 Å². The molecular formula is C14H13BrClFN2O. The third-order valence-corrected chi connectivity index (χ3v) is 4.05. The summed E-state index contributed by atoms with van der Waals surface area (Å²) in [7, 11) is 0. The van der Waals surface area contributed by atoms with Crippen LogP contribution in [0.15, 0.2) is 27.5 Å². The standard InChI is InChI=1S/C14H13BrClFN2O/c1-2-4-11-13(15)14(20)19-12(18-11)7-8-9(16)5-3-6-10(8)17/h3,5-6H,2,4,7H2,1H3,(H,18,19,20). The summed E-state index contributed by atoms with van der Waals surface area (Å²) in [6.45, 7) is 2.00. The first kappa shape index (κ1) is 15.2. The molecule has 0 unspecified atom stereocenters. The van der Waals surface area contributed by atoms with E-state index in [1.165, 1.54) is 6.07 Å². The van der Waals surface area contributed by atoms with Gasteiger partial charge in [0.2, 0.25) is 0 Å². The van der Waals surface area contributed by atoms with Gasteiger partial charge in [-0.3, -0.25) is 4.79 Å². The van der Waals surface area contributed by atoms with E-state index in [0.717, 1.165) is 6.42 Å². The number of aromatic amines is 1. The molecule has 1 heterocycles. The lowest BCUT2D eigenvalue weighted by Gasteiger charge is -2.08. The summed E-state index contributed by atoms with van der Waals surface area (Å²) in [6, 6.07) is 4.50. The molecule has 2 rings (SSSR count). The Hall–Kier alpha value is -1.20. The van der Waals surface area contributed by atoms with Crippen molar-refractivity contribution in [1.29, 1.82) is 0 Å². The SMILES string of the molecule is CCCc1nc(Cc2c(F)cccc2Cl)[nH]c(=O)c1Br. The fraction of sp³-hybridized carbons (Fsp3) is 0.286. The lowest BCUT2D eigenvalue weighted by Crippen LogP contribution is -2.16. The topological polar surface area (TPSA) is 45.8 Å². The maximum absolute atomic E-state index is 13.8. The molecular weight excluding hydrogens is 347 g/mol. The minimum atomic E-state index is -0.403. The van der Waals surface area contributed by atoms with Gasteiger partial charge in [-0.15, -0.1) is 0 Å². The van der Waals surface area contributed by atoms with Crippen molar-refractivity contribution in [2.24, 2.45) is 0 Å². The molecule has 0 saturated heterocycles. The van der Waals surface area contributed by atoms with Crippen LogP contribution in [0.4, 0.5) is 4.39 Å². The van der Waals surface area contributed by atoms with E-state index in [1.54, 1.807) is 12.1 Å². The number of hydrogen-bond acceptors (Lipinski definition) is 2. The van der Waals surface area contributed by atoms with Crippen molar-refractivity contribution in [2.45, 2.75) is 26.2 Å². The van der Waals surface area contributed by atoms with E-state index in [2.05, 4.69) is 25.9 Å². The Balaban J connectivity index is 2.42. The Kier molecular flexibility index (Phi) is 4.94. The first-order valence-corrected chi connectivity index (χ1v) is 7.40. The fourth-order valence-electron chi connectivity index (χ4n) is 1.91. The minimum Gasteiger partial charge on any atom is -0.309 e. The Morgan fingerprint density at radius 3 is 2.85 bits per heavy atom. The number of rotatable bonds is 4. The molecule has 1 aromatic carbocycles. The number of nitrogens with one attached hydrogen (secondary N) is 1. The number of H-pyrrole nitrogens is 1. The summed E-state index contributed by atoms with van der Waals surface area (Å²) in [5.41, 5.74) is 0.756. The summed E-state index contributed by atoms with van der Waals surface area (Å²) in [5, 5.41) is 0.326. The molecule has 1 aromatic heterocycles. The van der Waals surface area contributed by atoms with Crippen LogP contribution in [-0.4, -0.2) is 9.97 Å². The molecule has 106 valence electrons. The summed E-state index contributed by atoms with van der Waals surface area (Å²) < 4.78 is 14.2. The summed E-state index contributed by atoms with van der Waals surface area (Å²) >= 11 is 9.21. The van der Waals surface area contributed by atoms with Crippen molar-refractivity contribution in [3.8, 4) is 0 Å². The number of hydrogen-bond donors (Lipinski definition) is 1. The molecule has 0 bridgehead atoms. The molecule has 0 atom stereocenters. The van der Waals surface area contributed by atoms with Gasteiger partial charge in [0.1, 0.15) is 16.1 Å². The van der Waals surface area contributed by atoms with Crippen molar-refractivity contribution < 1.29 is 4.39 Å². The third-order valence-electron chi connectivity index (χ3n) is 2.87. The molecule has 20 heavy (non-hydrogen) atoms. The zero-order valence-corrected chi connectivity index (χ0v) is 13.2. The van der Waals surface area contributed by atoms with Gasteiger partial charge in [0.15, 0.2) is 0 Å². The maximum Gasteiger partial charge on any atom is 0.265 e. The molecule has 0 amide bonds. The van der Waals surface area contributed by atoms with Crippen LogP contribution in [0, 0.1) is 5.82 Å². The highest BCUT2D eigenvalue weighted by atomic mass is 79.9. The van der Waals surface area contributed by atoms with Crippen LogP contribution in [-0.2, 0) is 12.8 Å². The van der Waals surface area contributed by atoms with Crippen molar-refractivity contribution in [3.05, 3.63) is 60.9 Å². The zero-order valence-electron chi connectivity index (χ0n) is 10.8. The van der Waals surface area contributed by atoms with Crippen LogP contribution in [0.3, 0.4) is 0 Å². The molecule has 0 aliphatic heterocycles. The van der Waals surface area contributed by atoms with Crippen LogP contribution >= 0.6 is 27.5 Å². The summed E-state index contributed by atoms with van der Waals surface area (Å²) in [6.07, 6.45) is 1.71. The average Bonchev–Trinajstić information content (AvgIpc) is 2.40. The van der Waals surface area contributed by atoms with E-state index in [9.17, 15) is 9.18 Å². The highest BCUT2D eigenvalue weighted by Gasteiger charge is 2.12. The minimum absolute atomic E-state index is 0.157. The normalized spacial score (nSPS) is 10.8. The largest absolute Gasteiger partial charge is 0.309 e. The Labute approximate surface area is 129 Å². The van der Waals surface area contributed by atoms with Crippen LogP contribution in [0.2, 0.25) is 5.02 Å². The van der Waals surface area contributed by atoms with E-state index in [1.807, 2.05) is 6.92 Å². The summed E-state index contributed by atoms with van der Waals surface area (Å²) in [5.74, 6) is 0.00811. The Bertz CT molecular complexity index is 667. The van der Waals surface area contributed by atoms with Crippen molar-refractivity contribution >= 4 is 27.5 Å². The second-order valence-corrected chi connectivity index (χ2v) is 5.60. The second kappa shape index (κ2) is 6.50. The van der Waals surface area contributed by atoms with Gasteiger partial charge in [0.25, 0.3) is 5.56 Å². The number of nitrogens with zero attached hydrogens (tertiary/aromatic N) is 1. The smallest absolute Gasteiger partial charge is 0.265 e. The molecule has 0 saturated carbocycles. The van der Waals surface area contributed by atoms with Gasteiger partial charge >= 0.3 is 0 Å². The van der Waals surface area contributed by atoms with Crippen LogP contribution < -0.4 is 5.56 Å². The molecule has 0 aliphatic rings. The van der Waals surface area contributed by atoms with E-state index in [-0.39, 0.29) is 12.0 Å². The van der Waals surface area contributed by atoms with Gasteiger partial charge in [-0.05, 0) is 34.5 Å². The lowest BCUT2D eigenvalue weighted by molar-refractivity contribution is 0.611. The second-order valence-electron chi connectivity index (χ2n) is 4.40. The monoisotopic (exact) mass is 358 g/mol. The molecule has 0 spiro atoms. The number of halogens is 3. The highest BCUT2D eigenvalue weighted by molar-refractivity contribution is 9.10. The lowest BCUT2D eigenvalue weighted by atomic mass is 10.1. The van der Waals surface area contributed by atoms with E-state index in [4.69, 9.17) is 11.6 Å². The van der Waals surface area contributed by atoms with Crippen molar-refractivity contribution in [1.82, 2.24) is 9.97 Å². The van der Waals surface area contributed by atoms with Gasteiger partial charge in [0, 0.05) is 17.0 Å². The Morgan fingerprint density at radius 1 is 1.45 bits per heavy atom. The average molecular weight is 360 g/mol. The molecule has 2 aromatic rings. The molecule has 3 nitrogen and oxygen atoms in total. The highest BCUT2D eigenvalue weighted by Crippen LogP contribution is 2.21. The van der Waals surface area contributed by atoms with Gasteiger partial charge in [-0.25, -0.2) is 9.37 Å². The van der Waals surface area contributed by atoms with Gasteiger partial charge in [0.05, 0.1) is 5.69 Å². The predicted octanol–water partition coefficient (Wildman–Crippen LogP) is 3.87. The fourth-order valence-corrected chi connectivity index (χ4v) is 2.53. The Morgan fingerprint density at radius 2 is 2.20 bits per heavy atom. The summed E-state index contributed by atoms with van der Waals surface area (Å²) in [4.78, 5) is 18.8. The molecule has 0 aliphatic carbocycles. The first-order valence-electron chi connectivity index (χ1n) is 6.23. The first-order chi connectivity index (χ1) is 9.52. The van der Waals surface area contributed by atoms with Gasteiger partial charge in [-0.1, -0.05) is 31.0 Å². The van der Waals surface area contributed by atoms with E-state index in [0.29, 0.717) is 33.0 Å². The zero-order chi connectivity index (χ0) is 14.7. The van der Waals surface area contributed by atoms with Gasteiger partial charge < -0.3 is 4.98 Å². The number of aromatic nitrogens is 2. The predicted molar refractivity (Wildman–Crippen MR) is 80.8 cm³/mol. The molecule has 1 N–H and O–H groups in total. The van der Waals surface area contributed by atoms with E-state index < -0.39 is 5.82 Å². The van der Waals surface area contributed by atoms with Crippen LogP contribution in [0.1, 0.15) is 30.4 Å². The molecule has 0 fully saturated rings. The number of aryl methyl sites for hydroxylation is 1. The van der Waals surface area contributed by atoms with Crippen LogP contribution in [0.5, 0.6) is 0 Å². The van der Waals surface area contributed by atoms with Crippen molar-refractivity contribution in [2.75, 3.05) is 0 Å². The number of benzene rings is 1.